The van der Waals surface area contributed by atoms with E-state index in [1.165, 1.54) is 12.1 Å². The molecule has 0 saturated carbocycles. The van der Waals surface area contributed by atoms with E-state index in [0.29, 0.717) is 22.7 Å². The first-order valence-corrected chi connectivity index (χ1v) is 7.59. The highest BCUT2D eigenvalue weighted by Crippen LogP contribution is 2.34. The highest BCUT2D eigenvalue weighted by atomic mass is 16.6. The monoisotopic (exact) mass is 332 g/mol. The molecule has 2 aromatic carbocycles. The summed E-state index contributed by atoms with van der Waals surface area (Å²) in [5.74, 6) is 0.820. The van der Waals surface area contributed by atoms with Crippen molar-refractivity contribution in [2.24, 2.45) is 0 Å². The van der Waals surface area contributed by atoms with Gasteiger partial charge in [-0.15, -0.1) is 0 Å². The number of hydrogen-bond acceptors (Lipinski definition) is 4. The van der Waals surface area contributed by atoms with Crippen LogP contribution in [0.4, 0.5) is 11.4 Å². The zero-order valence-electron chi connectivity index (χ0n) is 12.9. The number of benzene rings is 2. The number of carbonyl (C=O) groups excluding carboxylic acids is 1. The largest absolute Gasteiger partial charge is 0.457 e. The summed E-state index contributed by atoms with van der Waals surface area (Å²) in [6.07, 6.45) is 1.67. The van der Waals surface area contributed by atoms with Crippen molar-refractivity contribution in [3.05, 3.63) is 82.1 Å². The van der Waals surface area contributed by atoms with Crippen molar-refractivity contribution in [2.45, 2.75) is 0 Å². The molecule has 0 atom stereocenters. The van der Waals surface area contributed by atoms with Crippen LogP contribution < -0.4 is 5.32 Å². The molecule has 122 valence electrons. The number of nitro benzene ring substituents is 1. The quantitative estimate of drug-likeness (QED) is 0.439. The van der Waals surface area contributed by atoms with E-state index in [0.717, 1.165) is 11.3 Å². The van der Waals surface area contributed by atoms with Crippen molar-refractivity contribution < 1.29 is 14.1 Å². The van der Waals surface area contributed by atoms with Crippen LogP contribution in [0, 0.1) is 10.1 Å². The lowest BCUT2D eigenvalue weighted by Gasteiger charge is -1.98. The molecule has 1 aromatic heterocycles. The molecular formula is C19H12N2O4. The van der Waals surface area contributed by atoms with Gasteiger partial charge in [-0.25, -0.2) is 0 Å². The highest BCUT2D eigenvalue weighted by molar-refractivity contribution is 6.34. The lowest BCUT2D eigenvalue weighted by Crippen LogP contribution is -2.03. The highest BCUT2D eigenvalue weighted by Gasteiger charge is 2.23. The van der Waals surface area contributed by atoms with Crippen LogP contribution in [-0.4, -0.2) is 10.8 Å². The fourth-order valence-electron chi connectivity index (χ4n) is 2.78. The second kappa shape index (κ2) is 5.76. The predicted molar refractivity (Wildman–Crippen MR) is 93.7 cm³/mol. The van der Waals surface area contributed by atoms with E-state index in [4.69, 9.17) is 4.42 Å². The molecule has 0 saturated heterocycles. The topological polar surface area (TPSA) is 85.4 Å². The molecule has 1 aliphatic heterocycles. The van der Waals surface area contributed by atoms with Crippen molar-refractivity contribution in [2.75, 3.05) is 5.32 Å². The zero-order chi connectivity index (χ0) is 17.4. The second-order valence-electron chi connectivity index (χ2n) is 5.57. The molecule has 6 heteroatoms. The molecule has 0 fully saturated rings. The first-order valence-electron chi connectivity index (χ1n) is 7.59. The summed E-state index contributed by atoms with van der Waals surface area (Å²) in [5, 5.41) is 13.7. The first kappa shape index (κ1) is 14.9. The summed E-state index contributed by atoms with van der Waals surface area (Å²) in [7, 11) is 0. The number of furan rings is 1. The van der Waals surface area contributed by atoms with E-state index >= 15 is 0 Å². The third kappa shape index (κ3) is 2.70. The number of non-ortho nitro benzene ring substituents is 1. The van der Waals surface area contributed by atoms with Gasteiger partial charge in [-0.2, -0.15) is 0 Å². The molecule has 4 rings (SSSR count). The Balaban J connectivity index is 1.70. The van der Waals surface area contributed by atoms with Gasteiger partial charge in [-0.1, -0.05) is 30.3 Å². The fourth-order valence-corrected chi connectivity index (χ4v) is 2.78. The van der Waals surface area contributed by atoms with Crippen LogP contribution in [0.2, 0.25) is 0 Å². The van der Waals surface area contributed by atoms with Gasteiger partial charge in [0.25, 0.3) is 11.6 Å². The van der Waals surface area contributed by atoms with Gasteiger partial charge >= 0.3 is 0 Å². The summed E-state index contributed by atoms with van der Waals surface area (Å²) in [4.78, 5) is 22.6. The van der Waals surface area contributed by atoms with Crippen molar-refractivity contribution in [3.63, 3.8) is 0 Å². The Labute approximate surface area is 142 Å². The van der Waals surface area contributed by atoms with Gasteiger partial charge in [-0.05, 0) is 24.3 Å². The lowest BCUT2D eigenvalue weighted by molar-refractivity contribution is -0.384. The van der Waals surface area contributed by atoms with Gasteiger partial charge in [-0.3, -0.25) is 14.9 Å². The van der Waals surface area contributed by atoms with Crippen molar-refractivity contribution in [3.8, 4) is 11.3 Å². The van der Waals surface area contributed by atoms with E-state index in [1.54, 1.807) is 30.3 Å². The average Bonchev–Trinajstić information content (AvgIpc) is 3.21. The molecule has 6 nitrogen and oxygen atoms in total. The number of anilines is 1. The van der Waals surface area contributed by atoms with Crippen LogP contribution in [0.1, 0.15) is 11.3 Å². The van der Waals surface area contributed by atoms with Gasteiger partial charge in [0.2, 0.25) is 0 Å². The molecule has 0 bridgehead atoms. The maximum atomic E-state index is 12.1. The van der Waals surface area contributed by atoms with E-state index < -0.39 is 4.92 Å². The molecule has 1 N–H and O–H groups in total. The molecule has 0 aliphatic carbocycles. The summed E-state index contributed by atoms with van der Waals surface area (Å²) < 4.78 is 5.75. The van der Waals surface area contributed by atoms with Gasteiger partial charge < -0.3 is 9.73 Å². The number of rotatable bonds is 3. The molecule has 1 amide bonds. The Bertz CT molecular complexity index is 1030. The number of carbonyl (C=O) groups is 1. The maximum absolute atomic E-state index is 12.1. The summed E-state index contributed by atoms with van der Waals surface area (Å²) in [6.45, 7) is 0. The molecule has 2 heterocycles. The molecular weight excluding hydrogens is 320 g/mol. The lowest BCUT2D eigenvalue weighted by atomic mass is 10.1. The molecule has 1 aliphatic rings. The molecule has 3 aromatic rings. The minimum atomic E-state index is -0.449. The zero-order valence-corrected chi connectivity index (χ0v) is 12.9. The number of fused-ring (bicyclic) bond motifs is 1. The number of nitrogens with zero attached hydrogens (tertiary/aromatic N) is 1. The Morgan fingerprint density at radius 3 is 2.72 bits per heavy atom. The third-order valence-corrected chi connectivity index (χ3v) is 3.96. The standard InChI is InChI=1S/C19H12N2O4/c22-19-16(15-6-1-2-7-17(15)20-19)11-14-8-9-18(25-14)12-4-3-5-13(10-12)21(23)24/h1-11H,(H,20,22)/b16-11+. The summed E-state index contributed by atoms with van der Waals surface area (Å²) >= 11 is 0. The number of amides is 1. The van der Waals surface area contributed by atoms with E-state index in [-0.39, 0.29) is 11.6 Å². The molecule has 25 heavy (non-hydrogen) atoms. The molecule has 0 unspecified atom stereocenters. The minimum absolute atomic E-state index is 0.00194. The Kier molecular flexibility index (Phi) is 3.43. The molecule has 0 spiro atoms. The Hall–Kier alpha value is -3.67. The number of hydrogen-bond donors (Lipinski definition) is 1. The van der Waals surface area contributed by atoms with E-state index in [2.05, 4.69) is 5.32 Å². The van der Waals surface area contributed by atoms with Crippen molar-refractivity contribution in [1.82, 2.24) is 0 Å². The fraction of sp³-hybridized carbons (Fsp3) is 0. The Morgan fingerprint density at radius 1 is 1.04 bits per heavy atom. The van der Waals surface area contributed by atoms with Crippen LogP contribution in [0.15, 0.2) is 65.1 Å². The Morgan fingerprint density at radius 2 is 1.88 bits per heavy atom. The van der Waals surface area contributed by atoms with Crippen LogP contribution in [0.25, 0.3) is 23.0 Å². The van der Waals surface area contributed by atoms with Crippen LogP contribution in [0.3, 0.4) is 0 Å². The minimum Gasteiger partial charge on any atom is -0.457 e. The number of nitro groups is 1. The van der Waals surface area contributed by atoms with E-state index in [1.807, 2.05) is 24.3 Å². The normalized spacial score (nSPS) is 14.4. The van der Waals surface area contributed by atoms with Gasteiger partial charge in [0, 0.05) is 28.9 Å². The number of nitrogens with one attached hydrogen (secondary N) is 1. The van der Waals surface area contributed by atoms with Crippen molar-refractivity contribution >= 4 is 28.9 Å². The van der Waals surface area contributed by atoms with E-state index in [9.17, 15) is 14.9 Å². The van der Waals surface area contributed by atoms with Crippen LogP contribution in [0.5, 0.6) is 0 Å². The summed E-state index contributed by atoms with van der Waals surface area (Å²) in [5.41, 5.74) is 2.72. The van der Waals surface area contributed by atoms with Gasteiger partial charge in [0.15, 0.2) is 0 Å². The average molecular weight is 332 g/mol. The third-order valence-electron chi connectivity index (χ3n) is 3.96. The molecule has 0 radical (unpaired) electrons. The predicted octanol–water partition coefficient (Wildman–Crippen LogP) is 4.35. The maximum Gasteiger partial charge on any atom is 0.270 e. The SMILES string of the molecule is O=C1Nc2ccccc2/C1=C\c1ccc(-c2cccc([N+](=O)[O-])c2)o1. The van der Waals surface area contributed by atoms with Crippen LogP contribution in [-0.2, 0) is 4.79 Å². The smallest absolute Gasteiger partial charge is 0.270 e. The summed E-state index contributed by atoms with van der Waals surface area (Å²) in [6, 6.07) is 17.1. The first-order chi connectivity index (χ1) is 12.1. The van der Waals surface area contributed by atoms with Gasteiger partial charge in [0.1, 0.15) is 11.5 Å². The van der Waals surface area contributed by atoms with Crippen molar-refractivity contribution in [1.29, 1.82) is 0 Å². The van der Waals surface area contributed by atoms with Gasteiger partial charge in [0.05, 0.1) is 10.5 Å². The van der Waals surface area contributed by atoms with Crippen LogP contribution >= 0.6 is 0 Å². The number of para-hydroxylation sites is 1. The second-order valence-corrected chi connectivity index (χ2v) is 5.57.